The Kier molecular flexibility index (Phi) is 6.70. The molecule has 0 bridgehead atoms. The Morgan fingerprint density at radius 2 is 1.86 bits per heavy atom. The average Bonchev–Trinajstić information content (AvgIpc) is 2.61. The van der Waals surface area contributed by atoms with Crippen molar-refractivity contribution < 1.29 is 23.8 Å². The first-order valence-corrected chi connectivity index (χ1v) is 9.32. The first-order chi connectivity index (χ1) is 13.6. The van der Waals surface area contributed by atoms with Gasteiger partial charge in [0.1, 0.15) is 24.0 Å². The summed E-state index contributed by atoms with van der Waals surface area (Å²) in [5.41, 5.74) is 10.6. The molecule has 29 heavy (non-hydrogen) atoms. The minimum atomic E-state index is -0.732. The molecule has 1 aliphatic heterocycles. The maximum Gasteiger partial charge on any atom is 0.338 e. The zero-order valence-electron chi connectivity index (χ0n) is 17.6. The van der Waals surface area contributed by atoms with Crippen molar-refractivity contribution in [3.63, 3.8) is 0 Å². The van der Waals surface area contributed by atoms with Gasteiger partial charge in [0.15, 0.2) is 0 Å². The van der Waals surface area contributed by atoms with Crippen LogP contribution in [0.25, 0.3) is 0 Å². The molecule has 0 aromatic heterocycles. The lowest BCUT2D eigenvalue weighted by molar-refractivity contribution is -0.142. The van der Waals surface area contributed by atoms with E-state index in [0.29, 0.717) is 5.76 Å². The summed E-state index contributed by atoms with van der Waals surface area (Å²) < 4.78 is 15.9. The van der Waals surface area contributed by atoms with E-state index in [9.17, 15) is 14.9 Å². The standard InChI is InChI=1S/C22H26N2O5/c1-7-27-22(26)19-14(5)29-21(24)16(9-23)20(19)18-12(3)8-11(2)17(13(18)4)10-28-15(6)25/h8,20H,7,10,24H2,1-6H3/t20-/m1/s1. The molecule has 0 unspecified atom stereocenters. The predicted molar refractivity (Wildman–Crippen MR) is 106 cm³/mol. The van der Waals surface area contributed by atoms with Gasteiger partial charge in [-0.15, -0.1) is 0 Å². The van der Waals surface area contributed by atoms with Crippen molar-refractivity contribution in [1.82, 2.24) is 0 Å². The smallest absolute Gasteiger partial charge is 0.338 e. The third kappa shape index (κ3) is 4.27. The number of nitriles is 1. The van der Waals surface area contributed by atoms with Crippen LogP contribution in [0.15, 0.2) is 28.9 Å². The summed E-state index contributed by atoms with van der Waals surface area (Å²) >= 11 is 0. The Morgan fingerprint density at radius 3 is 2.41 bits per heavy atom. The van der Waals surface area contributed by atoms with Crippen LogP contribution in [0.2, 0.25) is 0 Å². The molecule has 1 aromatic rings. The van der Waals surface area contributed by atoms with Gasteiger partial charge < -0.3 is 19.9 Å². The summed E-state index contributed by atoms with van der Waals surface area (Å²) in [6, 6.07) is 4.04. The summed E-state index contributed by atoms with van der Waals surface area (Å²) in [5, 5.41) is 9.78. The molecule has 1 atom stereocenters. The van der Waals surface area contributed by atoms with E-state index in [1.807, 2.05) is 26.8 Å². The minimum Gasteiger partial charge on any atom is -0.463 e. The van der Waals surface area contributed by atoms with Gasteiger partial charge in [0.25, 0.3) is 0 Å². The summed E-state index contributed by atoms with van der Waals surface area (Å²) in [5.74, 6) is -1.42. The molecule has 1 aliphatic rings. The van der Waals surface area contributed by atoms with Crippen LogP contribution in [0, 0.1) is 32.1 Å². The number of benzene rings is 1. The van der Waals surface area contributed by atoms with Gasteiger partial charge in [0, 0.05) is 6.92 Å². The van der Waals surface area contributed by atoms with E-state index in [-0.39, 0.29) is 36.2 Å². The van der Waals surface area contributed by atoms with Crippen LogP contribution in [0.5, 0.6) is 0 Å². The number of aryl methyl sites for hydroxylation is 2. The molecule has 0 aliphatic carbocycles. The van der Waals surface area contributed by atoms with Gasteiger partial charge in [-0.05, 0) is 62.4 Å². The SMILES string of the molecule is CCOC(=O)C1=C(C)OC(N)=C(C#N)[C@@H]1c1c(C)cc(C)c(COC(C)=O)c1C. The van der Waals surface area contributed by atoms with Gasteiger partial charge in [0.05, 0.1) is 18.1 Å². The maximum absolute atomic E-state index is 12.7. The fraction of sp³-hybridized carbons (Fsp3) is 0.409. The topological polar surface area (TPSA) is 112 Å². The van der Waals surface area contributed by atoms with E-state index >= 15 is 0 Å². The number of ether oxygens (including phenoxy) is 3. The van der Waals surface area contributed by atoms with Gasteiger partial charge in [-0.25, -0.2) is 4.79 Å². The molecular formula is C22H26N2O5. The van der Waals surface area contributed by atoms with Crippen molar-refractivity contribution in [2.45, 2.75) is 54.1 Å². The number of carbonyl (C=O) groups is 2. The number of hydrogen-bond donors (Lipinski definition) is 1. The van der Waals surface area contributed by atoms with Crippen LogP contribution < -0.4 is 5.73 Å². The van der Waals surface area contributed by atoms with E-state index in [0.717, 1.165) is 27.8 Å². The quantitative estimate of drug-likeness (QED) is 0.757. The monoisotopic (exact) mass is 398 g/mol. The van der Waals surface area contributed by atoms with Gasteiger partial charge in [-0.3, -0.25) is 4.79 Å². The molecule has 0 saturated carbocycles. The fourth-order valence-electron chi connectivity index (χ4n) is 3.73. The normalized spacial score (nSPS) is 16.2. The molecule has 0 amide bonds. The second-order valence-corrected chi connectivity index (χ2v) is 6.92. The number of esters is 2. The van der Waals surface area contributed by atoms with E-state index in [4.69, 9.17) is 19.9 Å². The van der Waals surface area contributed by atoms with E-state index in [1.165, 1.54) is 6.92 Å². The number of rotatable bonds is 5. The van der Waals surface area contributed by atoms with Crippen molar-refractivity contribution in [2.75, 3.05) is 6.61 Å². The number of carbonyl (C=O) groups excluding carboxylic acids is 2. The van der Waals surface area contributed by atoms with Crippen LogP contribution in [0.3, 0.4) is 0 Å². The molecule has 2 N–H and O–H groups in total. The lowest BCUT2D eigenvalue weighted by Crippen LogP contribution is -2.27. The van der Waals surface area contributed by atoms with Crippen LogP contribution in [-0.2, 0) is 30.4 Å². The second kappa shape index (κ2) is 8.82. The highest BCUT2D eigenvalue weighted by Crippen LogP contribution is 2.43. The Labute approximate surface area is 170 Å². The number of allylic oxidation sites excluding steroid dienone is 2. The molecule has 154 valence electrons. The number of hydrogen-bond acceptors (Lipinski definition) is 7. The largest absolute Gasteiger partial charge is 0.463 e. The number of nitrogens with two attached hydrogens (primary N) is 1. The van der Waals surface area contributed by atoms with Crippen molar-refractivity contribution in [3.05, 3.63) is 56.7 Å². The van der Waals surface area contributed by atoms with E-state index in [1.54, 1.807) is 13.8 Å². The highest BCUT2D eigenvalue weighted by molar-refractivity contribution is 5.93. The molecule has 0 spiro atoms. The van der Waals surface area contributed by atoms with Crippen molar-refractivity contribution >= 4 is 11.9 Å². The molecule has 1 aromatic carbocycles. The second-order valence-electron chi connectivity index (χ2n) is 6.92. The third-order valence-corrected chi connectivity index (χ3v) is 5.00. The van der Waals surface area contributed by atoms with Crippen molar-refractivity contribution in [2.24, 2.45) is 5.73 Å². The molecular weight excluding hydrogens is 372 g/mol. The van der Waals surface area contributed by atoms with Gasteiger partial charge >= 0.3 is 11.9 Å². The molecule has 0 saturated heterocycles. The van der Waals surface area contributed by atoms with Crippen LogP contribution in [0.1, 0.15) is 54.5 Å². The zero-order valence-corrected chi connectivity index (χ0v) is 17.6. The van der Waals surface area contributed by atoms with Crippen LogP contribution in [-0.4, -0.2) is 18.5 Å². The Hall–Kier alpha value is -3.27. The summed E-state index contributed by atoms with van der Waals surface area (Å²) in [7, 11) is 0. The molecule has 7 nitrogen and oxygen atoms in total. The predicted octanol–water partition coefficient (Wildman–Crippen LogP) is 3.32. The maximum atomic E-state index is 12.7. The van der Waals surface area contributed by atoms with Crippen LogP contribution in [0.4, 0.5) is 0 Å². The Bertz CT molecular complexity index is 966. The van der Waals surface area contributed by atoms with Crippen molar-refractivity contribution in [1.29, 1.82) is 5.26 Å². The van der Waals surface area contributed by atoms with Crippen LogP contribution >= 0.6 is 0 Å². The van der Waals surface area contributed by atoms with Gasteiger partial charge in [-0.1, -0.05) is 6.07 Å². The molecule has 1 heterocycles. The molecule has 0 radical (unpaired) electrons. The first kappa shape index (κ1) is 22.0. The first-order valence-electron chi connectivity index (χ1n) is 9.32. The number of nitrogens with zero attached hydrogens (tertiary/aromatic N) is 1. The third-order valence-electron chi connectivity index (χ3n) is 5.00. The van der Waals surface area contributed by atoms with E-state index < -0.39 is 11.9 Å². The average molecular weight is 398 g/mol. The lowest BCUT2D eigenvalue weighted by atomic mass is 9.77. The van der Waals surface area contributed by atoms with Gasteiger partial charge in [0.2, 0.25) is 5.88 Å². The van der Waals surface area contributed by atoms with E-state index in [2.05, 4.69) is 6.07 Å². The minimum absolute atomic E-state index is 0.0380. The Balaban J connectivity index is 2.77. The molecule has 7 heteroatoms. The highest BCUT2D eigenvalue weighted by Gasteiger charge is 2.38. The summed E-state index contributed by atoms with van der Waals surface area (Å²) in [6.45, 7) is 10.7. The Morgan fingerprint density at radius 1 is 1.21 bits per heavy atom. The lowest BCUT2D eigenvalue weighted by Gasteiger charge is -2.30. The zero-order chi connectivity index (χ0) is 21.9. The van der Waals surface area contributed by atoms with Gasteiger partial charge in [-0.2, -0.15) is 5.26 Å². The molecule has 0 fully saturated rings. The fourth-order valence-corrected chi connectivity index (χ4v) is 3.73. The summed E-state index contributed by atoms with van der Waals surface area (Å²) in [4.78, 5) is 24.1. The van der Waals surface area contributed by atoms with Crippen molar-refractivity contribution in [3.8, 4) is 6.07 Å². The summed E-state index contributed by atoms with van der Waals surface area (Å²) in [6.07, 6.45) is 0. The molecule has 2 rings (SSSR count). The highest BCUT2D eigenvalue weighted by atomic mass is 16.5.